The highest BCUT2D eigenvalue weighted by molar-refractivity contribution is 7.98. The molecule has 0 aliphatic rings. The van der Waals surface area contributed by atoms with Crippen LogP contribution in [0.2, 0.25) is 5.02 Å². The van der Waals surface area contributed by atoms with Gasteiger partial charge in [0.2, 0.25) is 0 Å². The normalized spacial score (nSPS) is 10.8. The number of rotatable bonds is 7. The Morgan fingerprint density at radius 2 is 2.20 bits per heavy atom. The van der Waals surface area contributed by atoms with E-state index in [1.807, 2.05) is 35.9 Å². The van der Waals surface area contributed by atoms with Crippen LogP contribution in [0.15, 0.2) is 52.2 Å². The first-order valence-corrected chi connectivity index (χ1v) is 9.07. The molecule has 8 heteroatoms. The minimum Gasteiger partial charge on any atom is -0.459 e. The molecule has 0 saturated heterocycles. The molecule has 6 nitrogen and oxygen atoms in total. The van der Waals surface area contributed by atoms with E-state index in [0.29, 0.717) is 18.7 Å². The molecule has 3 rings (SSSR count). The van der Waals surface area contributed by atoms with Crippen LogP contribution < -0.4 is 5.32 Å². The number of furan rings is 1. The minimum atomic E-state index is -0.234. The lowest BCUT2D eigenvalue weighted by Gasteiger charge is -2.05. The number of aromatic nitrogens is 3. The van der Waals surface area contributed by atoms with E-state index in [1.54, 1.807) is 23.9 Å². The zero-order valence-electron chi connectivity index (χ0n) is 13.6. The van der Waals surface area contributed by atoms with Crippen LogP contribution in [0.3, 0.4) is 0 Å². The van der Waals surface area contributed by atoms with Gasteiger partial charge in [-0.2, -0.15) is 0 Å². The Hall–Kier alpha value is -2.25. The second-order valence-electron chi connectivity index (χ2n) is 5.36. The molecule has 1 N–H and O–H groups in total. The van der Waals surface area contributed by atoms with Gasteiger partial charge in [0.05, 0.1) is 6.26 Å². The zero-order valence-corrected chi connectivity index (χ0v) is 15.2. The molecule has 0 aliphatic carbocycles. The number of hydrogen-bond donors (Lipinski definition) is 1. The minimum absolute atomic E-state index is 0.234. The summed E-state index contributed by atoms with van der Waals surface area (Å²) < 4.78 is 6.99. The Kier molecular flexibility index (Phi) is 5.78. The average Bonchev–Trinajstić information content (AvgIpc) is 3.24. The molecule has 0 bridgehead atoms. The summed E-state index contributed by atoms with van der Waals surface area (Å²) in [6.45, 7) is 0.463. The lowest BCUT2D eigenvalue weighted by Crippen LogP contribution is -2.26. The van der Waals surface area contributed by atoms with Crippen LogP contribution in [0, 0.1) is 0 Å². The van der Waals surface area contributed by atoms with Crippen LogP contribution in [0.1, 0.15) is 21.9 Å². The Bertz CT molecular complexity index is 848. The van der Waals surface area contributed by atoms with Gasteiger partial charge in [0.25, 0.3) is 5.91 Å². The van der Waals surface area contributed by atoms with E-state index in [4.69, 9.17) is 16.0 Å². The SMILES string of the molecule is Cn1c(CCNC(=O)c2ccco2)nnc1SCc1cccc(Cl)c1. The Morgan fingerprint density at radius 1 is 1.32 bits per heavy atom. The molecule has 2 aromatic heterocycles. The fourth-order valence-corrected chi connectivity index (χ4v) is 3.33. The molecular weight excluding hydrogens is 360 g/mol. The number of benzene rings is 1. The van der Waals surface area contributed by atoms with Gasteiger partial charge in [-0.3, -0.25) is 4.79 Å². The number of carbonyl (C=O) groups excluding carboxylic acids is 1. The highest BCUT2D eigenvalue weighted by Gasteiger charge is 2.11. The molecule has 1 amide bonds. The first-order valence-electron chi connectivity index (χ1n) is 7.70. The molecule has 25 heavy (non-hydrogen) atoms. The van der Waals surface area contributed by atoms with E-state index < -0.39 is 0 Å². The number of nitrogens with one attached hydrogen (secondary N) is 1. The molecule has 0 radical (unpaired) electrons. The summed E-state index contributed by atoms with van der Waals surface area (Å²) in [5.74, 6) is 1.65. The number of nitrogens with zero attached hydrogens (tertiary/aromatic N) is 3. The van der Waals surface area contributed by atoms with Gasteiger partial charge in [-0.05, 0) is 29.8 Å². The summed E-state index contributed by atoms with van der Waals surface area (Å²) in [7, 11) is 1.92. The summed E-state index contributed by atoms with van der Waals surface area (Å²) in [5, 5.41) is 12.8. The number of carbonyl (C=O) groups is 1. The van der Waals surface area contributed by atoms with Crippen molar-refractivity contribution in [2.75, 3.05) is 6.54 Å². The van der Waals surface area contributed by atoms with Crippen molar-refractivity contribution in [1.29, 1.82) is 0 Å². The summed E-state index contributed by atoms with van der Waals surface area (Å²) in [5.41, 5.74) is 1.13. The highest BCUT2D eigenvalue weighted by Crippen LogP contribution is 2.22. The van der Waals surface area contributed by atoms with Crippen molar-refractivity contribution in [1.82, 2.24) is 20.1 Å². The van der Waals surface area contributed by atoms with Crippen molar-refractivity contribution >= 4 is 29.3 Å². The van der Waals surface area contributed by atoms with Crippen LogP contribution in [0.5, 0.6) is 0 Å². The van der Waals surface area contributed by atoms with E-state index in [-0.39, 0.29) is 5.91 Å². The van der Waals surface area contributed by atoms with E-state index in [9.17, 15) is 4.79 Å². The van der Waals surface area contributed by atoms with Crippen LogP contribution in [-0.4, -0.2) is 27.2 Å². The first-order chi connectivity index (χ1) is 12.1. The van der Waals surface area contributed by atoms with Crippen molar-refractivity contribution < 1.29 is 9.21 Å². The fraction of sp³-hybridized carbons (Fsp3) is 0.235. The van der Waals surface area contributed by atoms with Gasteiger partial charge in [0.15, 0.2) is 10.9 Å². The third-order valence-corrected chi connectivity index (χ3v) is 4.89. The maximum Gasteiger partial charge on any atom is 0.286 e. The quantitative estimate of drug-likeness (QED) is 0.640. The maximum absolute atomic E-state index is 11.8. The topological polar surface area (TPSA) is 73.0 Å². The molecule has 1 aromatic carbocycles. The summed E-state index contributed by atoms with van der Waals surface area (Å²) in [6, 6.07) is 11.1. The Balaban J connectivity index is 1.51. The smallest absolute Gasteiger partial charge is 0.286 e. The van der Waals surface area contributed by atoms with Crippen molar-refractivity contribution in [3.05, 3.63) is 64.8 Å². The second-order valence-corrected chi connectivity index (χ2v) is 6.74. The molecular formula is C17H17ClN4O2S. The van der Waals surface area contributed by atoms with Gasteiger partial charge in [-0.15, -0.1) is 10.2 Å². The number of halogens is 1. The van der Waals surface area contributed by atoms with Gasteiger partial charge < -0.3 is 14.3 Å². The maximum atomic E-state index is 11.8. The van der Waals surface area contributed by atoms with Gasteiger partial charge in [0.1, 0.15) is 5.82 Å². The van der Waals surface area contributed by atoms with Crippen LogP contribution in [0.25, 0.3) is 0 Å². The monoisotopic (exact) mass is 376 g/mol. The van der Waals surface area contributed by atoms with E-state index >= 15 is 0 Å². The number of amides is 1. The van der Waals surface area contributed by atoms with Crippen LogP contribution in [0.4, 0.5) is 0 Å². The van der Waals surface area contributed by atoms with E-state index in [2.05, 4.69) is 15.5 Å². The van der Waals surface area contributed by atoms with E-state index in [1.165, 1.54) is 6.26 Å². The molecule has 0 saturated carbocycles. The lowest BCUT2D eigenvalue weighted by molar-refractivity contribution is 0.0926. The van der Waals surface area contributed by atoms with Gasteiger partial charge in [-0.1, -0.05) is 35.5 Å². The molecule has 0 aliphatic heterocycles. The number of thioether (sulfide) groups is 1. The van der Waals surface area contributed by atoms with Crippen molar-refractivity contribution in [2.45, 2.75) is 17.3 Å². The average molecular weight is 377 g/mol. The Labute approximate surface area is 154 Å². The third-order valence-electron chi connectivity index (χ3n) is 3.56. The van der Waals surface area contributed by atoms with E-state index in [0.717, 1.165) is 27.3 Å². The van der Waals surface area contributed by atoms with Crippen LogP contribution in [-0.2, 0) is 19.2 Å². The fourth-order valence-electron chi connectivity index (χ4n) is 2.25. The van der Waals surface area contributed by atoms with Crippen LogP contribution >= 0.6 is 23.4 Å². The molecule has 130 valence electrons. The predicted octanol–water partition coefficient (Wildman–Crippen LogP) is 3.33. The number of hydrogen-bond acceptors (Lipinski definition) is 5. The standard InChI is InChI=1S/C17H17ClN4O2S/c1-22-15(7-8-19-16(23)14-6-3-9-24-14)20-21-17(22)25-11-12-4-2-5-13(18)10-12/h2-6,9-10H,7-8,11H2,1H3,(H,19,23). The Morgan fingerprint density at radius 3 is 2.96 bits per heavy atom. The zero-order chi connectivity index (χ0) is 17.6. The highest BCUT2D eigenvalue weighted by atomic mass is 35.5. The summed E-state index contributed by atoms with van der Waals surface area (Å²) >= 11 is 7.59. The molecule has 0 fully saturated rings. The van der Waals surface area contributed by atoms with Crippen molar-refractivity contribution in [3.8, 4) is 0 Å². The first kappa shape index (κ1) is 17.6. The summed E-state index contributed by atoms with van der Waals surface area (Å²) in [6.07, 6.45) is 2.06. The molecule has 0 atom stereocenters. The van der Waals surface area contributed by atoms with Crippen molar-refractivity contribution in [3.63, 3.8) is 0 Å². The molecule has 2 heterocycles. The molecule has 0 unspecified atom stereocenters. The predicted molar refractivity (Wildman–Crippen MR) is 96.8 cm³/mol. The van der Waals surface area contributed by atoms with Crippen molar-refractivity contribution in [2.24, 2.45) is 7.05 Å². The summed E-state index contributed by atoms with van der Waals surface area (Å²) in [4.78, 5) is 11.8. The largest absolute Gasteiger partial charge is 0.459 e. The lowest BCUT2D eigenvalue weighted by atomic mass is 10.2. The molecule has 0 spiro atoms. The molecule has 3 aromatic rings. The van der Waals surface area contributed by atoms with Gasteiger partial charge in [-0.25, -0.2) is 0 Å². The van der Waals surface area contributed by atoms with Gasteiger partial charge >= 0.3 is 0 Å². The van der Waals surface area contributed by atoms with Gasteiger partial charge in [0, 0.05) is 30.8 Å². The third kappa shape index (κ3) is 4.64. The second kappa shape index (κ2) is 8.22.